The van der Waals surface area contributed by atoms with Gasteiger partial charge in [0.15, 0.2) is 0 Å². The Morgan fingerprint density at radius 2 is 1.84 bits per heavy atom. The standard InChI is InChI=1S/C18H13N3O4/c22-17-8-7-16(21(24)25)10-15(17)11-19-20-18(23)14-6-5-12-3-1-2-4-13(12)9-14/h1-11,22H,(H,20,23)/b19-11+. The van der Waals surface area contributed by atoms with Crippen molar-refractivity contribution in [3.8, 4) is 5.75 Å². The van der Waals surface area contributed by atoms with E-state index in [1.54, 1.807) is 12.1 Å². The number of hydrogen-bond acceptors (Lipinski definition) is 5. The highest BCUT2D eigenvalue weighted by Crippen LogP contribution is 2.21. The number of non-ortho nitro benzene ring substituents is 1. The topological polar surface area (TPSA) is 105 Å². The molecule has 7 nitrogen and oxygen atoms in total. The third kappa shape index (κ3) is 3.61. The summed E-state index contributed by atoms with van der Waals surface area (Å²) in [5.74, 6) is -0.596. The molecule has 0 heterocycles. The highest BCUT2D eigenvalue weighted by Gasteiger charge is 2.09. The minimum atomic E-state index is -0.579. The molecule has 0 unspecified atom stereocenters. The zero-order valence-electron chi connectivity index (χ0n) is 12.9. The van der Waals surface area contributed by atoms with Crippen LogP contribution >= 0.6 is 0 Å². The summed E-state index contributed by atoms with van der Waals surface area (Å²) in [5, 5.41) is 26.1. The van der Waals surface area contributed by atoms with Crippen LogP contribution in [0.15, 0.2) is 65.8 Å². The summed E-state index contributed by atoms with van der Waals surface area (Å²) in [5.41, 5.74) is 2.72. The maximum atomic E-state index is 12.1. The zero-order valence-corrected chi connectivity index (χ0v) is 12.9. The van der Waals surface area contributed by atoms with Gasteiger partial charge < -0.3 is 5.11 Å². The van der Waals surface area contributed by atoms with E-state index in [2.05, 4.69) is 10.5 Å². The third-order valence-corrected chi connectivity index (χ3v) is 3.60. The van der Waals surface area contributed by atoms with Gasteiger partial charge in [-0.05, 0) is 29.0 Å². The van der Waals surface area contributed by atoms with Crippen molar-refractivity contribution in [2.75, 3.05) is 0 Å². The lowest BCUT2D eigenvalue weighted by Gasteiger charge is -2.03. The lowest BCUT2D eigenvalue weighted by atomic mass is 10.1. The Morgan fingerprint density at radius 3 is 2.60 bits per heavy atom. The molecule has 25 heavy (non-hydrogen) atoms. The highest BCUT2D eigenvalue weighted by molar-refractivity contribution is 5.99. The van der Waals surface area contributed by atoms with E-state index in [1.807, 2.05) is 30.3 Å². The van der Waals surface area contributed by atoms with E-state index in [1.165, 1.54) is 18.2 Å². The number of nitrogens with zero attached hydrogens (tertiary/aromatic N) is 2. The lowest BCUT2D eigenvalue weighted by Crippen LogP contribution is -2.17. The van der Waals surface area contributed by atoms with Crippen LogP contribution in [0.2, 0.25) is 0 Å². The van der Waals surface area contributed by atoms with Crippen LogP contribution in [0.5, 0.6) is 5.75 Å². The molecule has 0 spiro atoms. The van der Waals surface area contributed by atoms with Crippen molar-refractivity contribution in [2.24, 2.45) is 5.10 Å². The molecular weight excluding hydrogens is 322 g/mol. The quantitative estimate of drug-likeness (QED) is 0.434. The SMILES string of the molecule is O=C(N/N=C/c1cc([N+](=O)[O-])ccc1O)c1ccc2ccccc2c1. The smallest absolute Gasteiger partial charge is 0.271 e. The van der Waals surface area contributed by atoms with Gasteiger partial charge in [-0.25, -0.2) is 5.43 Å². The third-order valence-electron chi connectivity index (χ3n) is 3.60. The van der Waals surface area contributed by atoms with Crippen LogP contribution in [0.25, 0.3) is 10.8 Å². The Bertz CT molecular complexity index is 999. The summed E-state index contributed by atoms with van der Waals surface area (Å²) in [4.78, 5) is 22.3. The predicted octanol–water partition coefficient (Wildman–Crippen LogP) is 3.22. The minimum Gasteiger partial charge on any atom is -0.507 e. The molecule has 0 bridgehead atoms. The second-order valence-electron chi connectivity index (χ2n) is 5.26. The Labute approximate surface area is 142 Å². The number of carbonyl (C=O) groups excluding carboxylic acids is 1. The number of amides is 1. The van der Waals surface area contributed by atoms with Crippen molar-refractivity contribution in [3.63, 3.8) is 0 Å². The number of nitrogens with one attached hydrogen (secondary N) is 1. The fourth-order valence-electron chi connectivity index (χ4n) is 2.31. The molecule has 0 aliphatic rings. The first-order valence-electron chi connectivity index (χ1n) is 7.34. The molecule has 2 N–H and O–H groups in total. The van der Waals surface area contributed by atoms with E-state index in [4.69, 9.17) is 0 Å². The van der Waals surface area contributed by atoms with Crippen LogP contribution in [0.3, 0.4) is 0 Å². The van der Waals surface area contributed by atoms with Crippen LogP contribution in [-0.4, -0.2) is 22.2 Å². The molecule has 0 aromatic heterocycles. The van der Waals surface area contributed by atoms with Gasteiger partial charge in [0.25, 0.3) is 11.6 Å². The fraction of sp³-hybridized carbons (Fsp3) is 0. The first-order valence-corrected chi connectivity index (χ1v) is 7.34. The Balaban J connectivity index is 1.76. The number of hydrazone groups is 1. The van der Waals surface area contributed by atoms with Gasteiger partial charge in [-0.1, -0.05) is 30.3 Å². The van der Waals surface area contributed by atoms with Crippen LogP contribution in [0.1, 0.15) is 15.9 Å². The van der Waals surface area contributed by atoms with Crippen LogP contribution in [0.4, 0.5) is 5.69 Å². The molecule has 3 aromatic carbocycles. The van der Waals surface area contributed by atoms with Gasteiger partial charge in [-0.2, -0.15) is 5.10 Å². The van der Waals surface area contributed by atoms with Gasteiger partial charge in [0, 0.05) is 23.3 Å². The molecule has 7 heteroatoms. The second-order valence-corrected chi connectivity index (χ2v) is 5.26. The molecular formula is C18H13N3O4. The number of fused-ring (bicyclic) bond motifs is 1. The average molecular weight is 335 g/mol. The van der Waals surface area contributed by atoms with Crippen molar-refractivity contribution in [1.29, 1.82) is 0 Å². The minimum absolute atomic E-state index is 0.132. The predicted molar refractivity (Wildman–Crippen MR) is 93.8 cm³/mol. The highest BCUT2D eigenvalue weighted by atomic mass is 16.6. The number of phenolic OH excluding ortho intramolecular Hbond substituents is 1. The van der Waals surface area contributed by atoms with Gasteiger partial charge in [-0.3, -0.25) is 14.9 Å². The fourth-order valence-corrected chi connectivity index (χ4v) is 2.31. The summed E-state index contributed by atoms with van der Waals surface area (Å²) in [6.45, 7) is 0. The van der Waals surface area contributed by atoms with E-state index in [-0.39, 0.29) is 17.0 Å². The normalized spacial score (nSPS) is 10.9. The molecule has 3 rings (SSSR count). The van der Waals surface area contributed by atoms with Gasteiger partial charge in [0.2, 0.25) is 0 Å². The Kier molecular flexibility index (Phi) is 4.38. The lowest BCUT2D eigenvalue weighted by molar-refractivity contribution is -0.384. The number of aromatic hydroxyl groups is 1. The maximum Gasteiger partial charge on any atom is 0.271 e. The molecule has 0 atom stereocenters. The zero-order chi connectivity index (χ0) is 17.8. The van der Waals surface area contributed by atoms with Crippen molar-refractivity contribution in [3.05, 3.63) is 81.9 Å². The van der Waals surface area contributed by atoms with Gasteiger partial charge >= 0.3 is 0 Å². The van der Waals surface area contributed by atoms with Crippen molar-refractivity contribution in [2.45, 2.75) is 0 Å². The van der Waals surface area contributed by atoms with Crippen molar-refractivity contribution in [1.82, 2.24) is 5.43 Å². The largest absolute Gasteiger partial charge is 0.507 e. The summed E-state index contributed by atoms with van der Waals surface area (Å²) in [6.07, 6.45) is 1.15. The summed E-state index contributed by atoms with van der Waals surface area (Å²) in [6, 6.07) is 16.4. The number of nitro benzene ring substituents is 1. The van der Waals surface area contributed by atoms with Gasteiger partial charge in [0.1, 0.15) is 5.75 Å². The number of carbonyl (C=O) groups is 1. The van der Waals surface area contributed by atoms with Crippen LogP contribution in [0, 0.1) is 10.1 Å². The van der Waals surface area contributed by atoms with E-state index >= 15 is 0 Å². The molecule has 0 aliphatic carbocycles. The number of hydrogen-bond donors (Lipinski definition) is 2. The van der Waals surface area contributed by atoms with E-state index in [9.17, 15) is 20.0 Å². The molecule has 1 amide bonds. The molecule has 0 aliphatic heterocycles. The van der Waals surface area contributed by atoms with E-state index < -0.39 is 10.8 Å². The molecule has 0 saturated heterocycles. The number of phenols is 1. The Hall–Kier alpha value is -3.74. The molecule has 3 aromatic rings. The molecule has 0 radical (unpaired) electrons. The molecule has 0 fully saturated rings. The van der Waals surface area contributed by atoms with Crippen molar-refractivity contribution >= 4 is 28.6 Å². The summed E-state index contributed by atoms with van der Waals surface area (Å²) in [7, 11) is 0. The van der Waals surface area contributed by atoms with Crippen LogP contribution in [-0.2, 0) is 0 Å². The monoisotopic (exact) mass is 335 g/mol. The maximum absolute atomic E-state index is 12.1. The number of rotatable bonds is 4. The first kappa shape index (κ1) is 16.1. The molecule has 0 saturated carbocycles. The summed E-state index contributed by atoms with van der Waals surface area (Å²) < 4.78 is 0. The average Bonchev–Trinajstić information content (AvgIpc) is 2.62. The number of nitro groups is 1. The van der Waals surface area contributed by atoms with Crippen molar-refractivity contribution < 1.29 is 14.8 Å². The second kappa shape index (κ2) is 6.79. The molecule has 124 valence electrons. The van der Waals surface area contributed by atoms with Gasteiger partial charge in [-0.15, -0.1) is 0 Å². The Morgan fingerprint density at radius 1 is 1.08 bits per heavy atom. The summed E-state index contributed by atoms with van der Waals surface area (Å²) >= 11 is 0. The van der Waals surface area contributed by atoms with Gasteiger partial charge in [0.05, 0.1) is 11.1 Å². The number of benzene rings is 3. The van der Waals surface area contributed by atoms with Crippen LogP contribution < -0.4 is 5.43 Å². The van der Waals surface area contributed by atoms with E-state index in [0.717, 1.165) is 17.0 Å². The first-order chi connectivity index (χ1) is 12.0. The van der Waals surface area contributed by atoms with E-state index in [0.29, 0.717) is 5.56 Å².